The molecule has 0 fully saturated rings. The highest BCUT2D eigenvalue weighted by Crippen LogP contribution is 2.13. The van der Waals surface area contributed by atoms with Crippen molar-refractivity contribution < 1.29 is 13.2 Å². The van der Waals surface area contributed by atoms with E-state index in [1.165, 1.54) is 0 Å². The molecule has 5 nitrogen and oxygen atoms in total. The van der Waals surface area contributed by atoms with Crippen LogP contribution in [0.25, 0.3) is 0 Å². The summed E-state index contributed by atoms with van der Waals surface area (Å²) in [7, 11) is -3.69. The molecule has 2 aromatic rings. The smallest absolute Gasteiger partial charge is 0.239 e. The van der Waals surface area contributed by atoms with Crippen molar-refractivity contribution in [1.29, 1.82) is 0 Å². The molecule has 0 unspecified atom stereocenters. The van der Waals surface area contributed by atoms with E-state index in [9.17, 15) is 13.2 Å². The van der Waals surface area contributed by atoms with E-state index in [0.717, 1.165) is 16.7 Å². The SMILES string of the molecule is Cc1ccc(C)c(CS(=O)(=O)NC(=O)CCc2ccncc2)c1. The number of hydrogen-bond donors (Lipinski definition) is 1. The molecule has 1 amide bonds. The number of aryl methyl sites for hydroxylation is 3. The van der Waals surface area contributed by atoms with Gasteiger partial charge in [0.1, 0.15) is 0 Å². The van der Waals surface area contributed by atoms with Crippen LogP contribution in [0.2, 0.25) is 0 Å². The second-order valence-corrected chi connectivity index (χ2v) is 7.29. The van der Waals surface area contributed by atoms with Crippen LogP contribution in [0, 0.1) is 13.8 Å². The van der Waals surface area contributed by atoms with E-state index < -0.39 is 15.9 Å². The number of nitrogens with zero attached hydrogens (tertiary/aromatic N) is 1. The maximum Gasteiger partial charge on any atom is 0.239 e. The van der Waals surface area contributed by atoms with Crippen LogP contribution in [0.5, 0.6) is 0 Å². The highest BCUT2D eigenvalue weighted by Gasteiger charge is 2.16. The first-order valence-electron chi connectivity index (χ1n) is 7.34. The number of amides is 1. The molecule has 1 N–H and O–H groups in total. The lowest BCUT2D eigenvalue weighted by Gasteiger charge is -2.10. The zero-order chi connectivity index (χ0) is 16.9. The third kappa shape index (κ3) is 5.49. The number of benzene rings is 1. The van der Waals surface area contributed by atoms with Gasteiger partial charge in [0.15, 0.2) is 0 Å². The largest absolute Gasteiger partial charge is 0.274 e. The second kappa shape index (κ2) is 7.37. The van der Waals surface area contributed by atoms with Gasteiger partial charge in [0.05, 0.1) is 5.75 Å². The Bertz CT molecular complexity index is 787. The highest BCUT2D eigenvalue weighted by atomic mass is 32.2. The van der Waals surface area contributed by atoms with Gasteiger partial charge in [0, 0.05) is 18.8 Å². The minimum Gasteiger partial charge on any atom is -0.274 e. The fourth-order valence-corrected chi connectivity index (χ4v) is 3.47. The zero-order valence-electron chi connectivity index (χ0n) is 13.2. The van der Waals surface area contributed by atoms with Gasteiger partial charge in [0.2, 0.25) is 15.9 Å². The van der Waals surface area contributed by atoms with E-state index in [1.54, 1.807) is 24.5 Å². The Morgan fingerprint density at radius 2 is 1.83 bits per heavy atom. The molecule has 0 aliphatic rings. The lowest BCUT2D eigenvalue weighted by molar-refractivity contribution is -0.119. The topological polar surface area (TPSA) is 76.1 Å². The number of nitrogens with one attached hydrogen (secondary N) is 1. The summed E-state index contributed by atoms with van der Waals surface area (Å²) in [6.07, 6.45) is 3.89. The molecule has 0 saturated carbocycles. The van der Waals surface area contributed by atoms with Crippen molar-refractivity contribution in [3.63, 3.8) is 0 Å². The molecule has 0 saturated heterocycles. The van der Waals surface area contributed by atoms with Gasteiger partial charge in [-0.3, -0.25) is 14.5 Å². The molecule has 0 bridgehead atoms. The van der Waals surface area contributed by atoms with Crippen molar-refractivity contribution in [1.82, 2.24) is 9.71 Å². The summed E-state index contributed by atoms with van der Waals surface area (Å²) in [6.45, 7) is 3.76. The van der Waals surface area contributed by atoms with E-state index in [0.29, 0.717) is 12.0 Å². The Kier molecular flexibility index (Phi) is 5.50. The fourth-order valence-electron chi connectivity index (χ4n) is 2.23. The molecule has 2 rings (SSSR count). The van der Waals surface area contributed by atoms with Crippen molar-refractivity contribution in [3.8, 4) is 0 Å². The number of carbonyl (C=O) groups excluding carboxylic acids is 1. The molecule has 0 atom stereocenters. The van der Waals surface area contributed by atoms with Gasteiger partial charge < -0.3 is 0 Å². The first-order chi connectivity index (χ1) is 10.9. The fraction of sp³-hybridized carbons (Fsp3) is 0.294. The third-order valence-electron chi connectivity index (χ3n) is 3.51. The summed E-state index contributed by atoms with van der Waals surface area (Å²) in [5.74, 6) is -0.686. The molecule has 0 radical (unpaired) electrons. The van der Waals surface area contributed by atoms with Gasteiger partial charge in [-0.15, -0.1) is 0 Å². The first-order valence-corrected chi connectivity index (χ1v) is 8.99. The van der Waals surface area contributed by atoms with Crippen molar-refractivity contribution in [2.45, 2.75) is 32.4 Å². The Hall–Kier alpha value is -2.21. The van der Waals surface area contributed by atoms with Crippen molar-refractivity contribution >= 4 is 15.9 Å². The number of rotatable bonds is 6. The van der Waals surface area contributed by atoms with Crippen LogP contribution in [0.15, 0.2) is 42.7 Å². The molecular weight excluding hydrogens is 312 g/mol. The highest BCUT2D eigenvalue weighted by molar-refractivity contribution is 7.89. The first kappa shape index (κ1) is 17.1. The molecular formula is C17H20N2O3S. The maximum absolute atomic E-state index is 12.1. The third-order valence-corrected chi connectivity index (χ3v) is 4.74. The van der Waals surface area contributed by atoms with Crippen molar-refractivity contribution in [2.75, 3.05) is 0 Å². The molecule has 6 heteroatoms. The van der Waals surface area contributed by atoms with Gasteiger partial charge in [-0.1, -0.05) is 23.8 Å². The number of aromatic nitrogens is 1. The Labute approximate surface area is 136 Å². The van der Waals surface area contributed by atoms with Crippen LogP contribution >= 0.6 is 0 Å². The van der Waals surface area contributed by atoms with E-state index >= 15 is 0 Å². The zero-order valence-corrected chi connectivity index (χ0v) is 14.1. The minimum absolute atomic E-state index is 0.121. The Balaban J connectivity index is 1.95. The minimum atomic E-state index is -3.69. The van der Waals surface area contributed by atoms with Gasteiger partial charge in [-0.05, 0) is 49.1 Å². The van der Waals surface area contributed by atoms with Gasteiger partial charge in [-0.2, -0.15) is 0 Å². The summed E-state index contributed by atoms with van der Waals surface area (Å²) in [4.78, 5) is 15.8. The standard InChI is InChI=1S/C17H20N2O3S/c1-13-3-4-14(2)16(11-13)12-23(21,22)19-17(20)6-5-15-7-9-18-10-8-15/h3-4,7-11H,5-6,12H2,1-2H3,(H,19,20). The maximum atomic E-state index is 12.1. The lowest BCUT2D eigenvalue weighted by Crippen LogP contribution is -2.31. The molecule has 0 aliphatic heterocycles. The van der Waals surface area contributed by atoms with Crippen LogP contribution in [0.3, 0.4) is 0 Å². The molecule has 0 aliphatic carbocycles. The summed E-state index contributed by atoms with van der Waals surface area (Å²) in [5.41, 5.74) is 3.54. The van der Waals surface area contributed by atoms with Crippen LogP contribution < -0.4 is 4.72 Å². The number of carbonyl (C=O) groups is 1. The van der Waals surface area contributed by atoms with Crippen molar-refractivity contribution in [2.24, 2.45) is 0 Å². The van der Waals surface area contributed by atoms with E-state index in [2.05, 4.69) is 9.71 Å². The van der Waals surface area contributed by atoms with Gasteiger partial charge >= 0.3 is 0 Å². The Morgan fingerprint density at radius 1 is 1.13 bits per heavy atom. The number of sulfonamides is 1. The molecule has 122 valence electrons. The van der Waals surface area contributed by atoms with Crippen LogP contribution in [-0.4, -0.2) is 19.3 Å². The van der Waals surface area contributed by atoms with Crippen LogP contribution in [0.4, 0.5) is 0 Å². The molecule has 1 heterocycles. The molecule has 23 heavy (non-hydrogen) atoms. The summed E-state index contributed by atoms with van der Waals surface area (Å²) in [5, 5.41) is 0. The summed E-state index contributed by atoms with van der Waals surface area (Å²) >= 11 is 0. The normalized spacial score (nSPS) is 11.2. The number of hydrogen-bond acceptors (Lipinski definition) is 4. The quantitative estimate of drug-likeness (QED) is 0.880. The monoisotopic (exact) mass is 332 g/mol. The van der Waals surface area contributed by atoms with E-state index in [4.69, 9.17) is 0 Å². The summed E-state index contributed by atoms with van der Waals surface area (Å²) < 4.78 is 26.4. The van der Waals surface area contributed by atoms with Gasteiger partial charge in [0.25, 0.3) is 0 Å². The number of pyridine rings is 1. The average Bonchev–Trinajstić information content (AvgIpc) is 2.49. The average molecular weight is 332 g/mol. The predicted molar refractivity (Wildman–Crippen MR) is 89.2 cm³/mol. The van der Waals surface area contributed by atoms with E-state index in [-0.39, 0.29) is 12.2 Å². The predicted octanol–water partition coefficient (Wildman–Crippen LogP) is 2.28. The second-order valence-electron chi connectivity index (χ2n) is 5.57. The molecule has 0 spiro atoms. The molecule has 1 aromatic heterocycles. The summed E-state index contributed by atoms with van der Waals surface area (Å²) in [6, 6.07) is 9.25. The van der Waals surface area contributed by atoms with E-state index in [1.807, 2.05) is 32.0 Å². The van der Waals surface area contributed by atoms with Gasteiger partial charge in [-0.25, -0.2) is 8.42 Å². The van der Waals surface area contributed by atoms with Crippen molar-refractivity contribution in [3.05, 3.63) is 65.0 Å². The van der Waals surface area contributed by atoms with Crippen LogP contribution in [-0.2, 0) is 27.0 Å². The molecule has 1 aromatic carbocycles. The lowest BCUT2D eigenvalue weighted by atomic mass is 10.1. The Morgan fingerprint density at radius 3 is 2.52 bits per heavy atom. The van der Waals surface area contributed by atoms with Crippen LogP contribution in [0.1, 0.15) is 28.7 Å².